The minimum atomic E-state index is -0.386. The third-order valence-corrected chi connectivity index (χ3v) is 3.49. The van der Waals surface area contributed by atoms with Crippen molar-refractivity contribution < 1.29 is 9.53 Å². The Labute approximate surface area is 115 Å². The zero-order chi connectivity index (χ0) is 13.6. The molecule has 0 aromatic heterocycles. The highest BCUT2D eigenvalue weighted by Crippen LogP contribution is 2.37. The lowest BCUT2D eigenvalue weighted by Crippen LogP contribution is -2.39. The zero-order valence-corrected chi connectivity index (χ0v) is 11.3. The second kappa shape index (κ2) is 4.35. The maximum Gasteiger partial charge on any atom is 0.337 e. The van der Waals surface area contributed by atoms with E-state index in [1.807, 2.05) is 11.0 Å². The Kier molecular flexibility index (Phi) is 2.78. The van der Waals surface area contributed by atoms with Crippen LogP contribution in [0.25, 0.3) is 0 Å². The summed E-state index contributed by atoms with van der Waals surface area (Å²) in [5.74, 6) is 0.315. The van der Waals surface area contributed by atoms with Crippen LogP contribution in [-0.2, 0) is 4.74 Å². The third kappa shape index (κ3) is 1.81. The van der Waals surface area contributed by atoms with Crippen molar-refractivity contribution in [2.75, 3.05) is 18.6 Å². The summed E-state index contributed by atoms with van der Waals surface area (Å²) in [4.78, 5) is 22.3. The lowest BCUT2D eigenvalue weighted by atomic mass is 10.1. The Morgan fingerprint density at radius 1 is 1.53 bits per heavy atom. The van der Waals surface area contributed by atoms with Gasteiger partial charge in [-0.15, -0.1) is 0 Å². The predicted molar refractivity (Wildman–Crippen MR) is 75.0 cm³/mol. The smallest absolute Gasteiger partial charge is 0.337 e. The van der Waals surface area contributed by atoms with Crippen molar-refractivity contribution in [1.29, 1.82) is 0 Å². The van der Waals surface area contributed by atoms with Crippen LogP contribution in [0, 0.1) is 0 Å². The molecule has 0 N–H and O–H groups in total. The highest BCUT2D eigenvalue weighted by atomic mass is 35.5. The van der Waals surface area contributed by atoms with Crippen molar-refractivity contribution in [3.05, 3.63) is 23.8 Å². The number of carbonyl (C=O) groups excluding carboxylic acids is 1. The van der Waals surface area contributed by atoms with Gasteiger partial charge in [-0.2, -0.15) is 0 Å². The number of aliphatic imine (C=N–C) groups is 2. The number of amidine groups is 1. The van der Waals surface area contributed by atoms with Crippen LogP contribution in [0.5, 0.6) is 0 Å². The first kappa shape index (κ1) is 12.2. The van der Waals surface area contributed by atoms with Gasteiger partial charge >= 0.3 is 5.97 Å². The molecule has 3 rings (SSSR count). The van der Waals surface area contributed by atoms with Crippen molar-refractivity contribution in [3.8, 4) is 0 Å². The number of nitrogens with zero attached hydrogens (tertiary/aromatic N) is 3. The highest BCUT2D eigenvalue weighted by Gasteiger charge is 2.33. The Morgan fingerprint density at radius 3 is 3.05 bits per heavy atom. The van der Waals surface area contributed by atoms with Gasteiger partial charge in [-0.05, 0) is 25.1 Å². The molecule has 0 saturated carbocycles. The second-order valence-electron chi connectivity index (χ2n) is 4.48. The van der Waals surface area contributed by atoms with E-state index >= 15 is 0 Å². The SMILES string of the molecule is COC(=O)c1ccc2c(c1)N=C(Cl)C1=NCC(C)N12. The molecule has 1 aromatic carbocycles. The van der Waals surface area contributed by atoms with Gasteiger partial charge in [0.1, 0.15) is 0 Å². The van der Waals surface area contributed by atoms with Crippen molar-refractivity contribution in [1.82, 2.24) is 0 Å². The fourth-order valence-corrected chi connectivity index (χ4v) is 2.56. The van der Waals surface area contributed by atoms with Crippen LogP contribution in [0.1, 0.15) is 17.3 Å². The number of rotatable bonds is 1. The van der Waals surface area contributed by atoms with Crippen LogP contribution in [0.4, 0.5) is 11.4 Å². The summed E-state index contributed by atoms with van der Waals surface area (Å²) in [6, 6.07) is 5.50. The van der Waals surface area contributed by atoms with E-state index in [9.17, 15) is 4.79 Å². The number of ether oxygens (including phenoxy) is 1. The van der Waals surface area contributed by atoms with E-state index < -0.39 is 0 Å². The molecule has 2 aliphatic heterocycles. The molecule has 0 amide bonds. The van der Waals surface area contributed by atoms with Gasteiger partial charge in [0.15, 0.2) is 11.0 Å². The Bertz CT molecular complexity index is 624. The number of methoxy groups -OCH3 is 1. The van der Waals surface area contributed by atoms with Crippen LogP contribution in [-0.4, -0.2) is 36.7 Å². The van der Waals surface area contributed by atoms with E-state index in [1.54, 1.807) is 12.1 Å². The van der Waals surface area contributed by atoms with Gasteiger partial charge in [-0.1, -0.05) is 11.6 Å². The molecular weight excluding hydrogens is 266 g/mol. The molecule has 0 aliphatic carbocycles. The summed E-state index contributed by atoms with van der Waals surface area (Å²) < 4.78 is 4.70. The molecule has 0 saturated heterocycles. The Hall–Kier alpha value is -1.88. The largest absolute Gasteiger partial charge is 0.465 e. The van der Waals surface area contributed by atoms with Gasteiger partial charge in [0.05, 0.1) is 36.6 Å². The molecule has 1 atom stereocenters. The lowest BCUT2D eigenvalue weighted by molar-refractivity contribution is 0.0601. The number of benzene rings is 1. The van der Waals surface area contributed by atoms with Gasteiger partial charge in [0.25, 0.3) is 0 Å². The van der Waals surface area contributed by atoms with E-state index in [2.05, 4.69) is 16.9 Å². The molecule has 1 unspecified atom stereocenters. The standard InChI is InChI=1S/C13H12ClN3O2/c1-7-6-15-12-11(14)16-9-5-8(13(18)19-2)3-4-10(9)17(7)12/h3-5,7H,6H2,1-2H3. The fourth-order valence-electron chi connectivity index (χ4n) is 2.32. The number of anilines is 1. The first-order valence-corrected chi connectivity index (χ1v) is 6.30. The summed E-state index contributed by atoms with van der Waals surface area (Å²) in [6.45, 7) is 2.77. The summed E-state index contributed by atoms with van der Waals surface area (Å²) in [5, 5.41) is 0.360. The molecule has 1 aromatic rings. The Balaban J connectivity index is 2.12. The van der Waals surface area contributed by atoms with Crippen molar-refractivity contribution in [2.24, 2.45) is 9.98 Å². The fraction of sp³-hybridized carbons (Fsp3) is 0.308. The van der Waals surface area contributed by atoms with E-state index in [0.29, 0.717) is 28.8 Å². The number of carbonyl (C=O) groups is 1. The summed E-state index contributed by atoms with van der Waals surface area (Å²) >= 11 is 6.14. The maximum absolute atomic E-state index is 11.5. The van der Waals surface area contributed by atoms with E-state index in [1.165, 1.54) is 7.11 Å². The summed E-state index contributed by atoms with van der Waals surface area (Å²) in [7, 11) is 1.35. The van der Waals surface area contributed by atoms with Crippen LogP contribution in [0.2, 0.25) is 0 Å². The van der Waals surface area contributed by atoms with E-state index in [-0.39, 0.29) is 12.0 Å². The molecule has 2 aliphatic rings. The quantitative estimate of drug-likeness (QED) is 0.741. The topological polar surface area (TPSA) is 54.3 Å². The number of esters is 1. The van der Waals surface area contributed by atoms with Crippen molar-refractivity contribution >= 4 is 40.0 Å². The third-order valence-electron chi connectivity index (χ3n) is 3.23. The van der Waals surface area contributed by atoms with Crippen LogP contribution < -0.4 is 4.90 Å². The second-order valence-corrected chi connectivity index (χ2v) is 4.84. The number of halogens is 1. The molecule has 0 spiro atoms. The molecule has 19 heavy (non-hydrogen) atoms. The number of hydrogen-bond donors (Lipinski definition) is 0. The predicted octanol–water partition coefficient (Wildman–Crippen LogP) is 2.36. The Morgan fingerprint density at radius 2 is 2.32 bits per heavy atom. The summed E-state index contributed by atoms with van der Waals surface area (Å²) in [5.41, 5.74) is 2.04. The maximum atomic E-state index is 11.5. The van der Waals surface area contributed by atoms with Gasteiger partial charge in [-0.25, -0.2) is 9.79 Å². The molecular formula is C13H12ClN3O2. The molecule has 0 radical (unpaired) electrons. The molecule has 0 fully saturated rings. The highest BCUT2D eigenvalue weighted by molar-refractivity contribution is 6.85. The number of fused-ring (bicyclic) bond motifs is 3. The molecule has 98 valence electrons. The van der Waals surface area contributed by atoms with Gasteiger partial charge < -0.3 is 9.64 Å². The minimum Gasteiger partial charge on any atom is -0.465 e. The molecule has 5 nitrogen and oxygen atoms in total. The van der Waals surface area contributed by atoms with Gasteiger partial charge in [0, 0.05) is 0 Å². The van der Waals surface area contributed by atoms with Gasteiger partial charge in [-0.3, -0.25) is 4.99 Å². The average molecular weight is 278 g/mol. The van der Waals surface area contributed by atoms with Crippen LogP contribution in [0.3, 0.4) is 0 Å². The lowest BCUT2D eigenvalue weighted by Gasteiger charge is -2.29. The van der Waals surface area contributed by atoms with Gasteiger partial charge in [0.2, 0.25) is 0 Å². The van der Waals surface area contributed by atoms with Crippen LogP contribution >= 0.6 is 11.6 Å². The average Bonchev–Trinajstić information content (AvgIpc) is 2.80. The van der Waals surface area contributed by atoms with E-state index in [4.69, 9.17) is 16.3 Å². The molecule has 2 heterocycles. The van der Waals surface area contributed by atoms with Crippen LogP contribution in [0.15, 0.2) is 28.2 Å². The monoisotopic (exact) mass is 277 g/mol. The van der Waals surface area contributed by atoms with Crippen molar-refractivity contribution in [2.45, 2.75) is 13.0 Å². The zero-order valence-electron chi connectivity index (χ0n) is 10.6. The normalized spacial score (nSPS) is 20.4. The van der Waals surface area contributed by atoms with E-state index in [0.717, 1.165) is 5.69 Å². The summed E-state index contributed by atoms with van der Waals surface area (Å²) in [6.07, 6.45) is 0. The molecule has 6 heteroatoms. The minimum absolute atomic E-state index is 0.238. The van der Waals surface area contributed by atoms with Crippen molar-refractivity contribution in [3.63, 3.8) is 0 Å². The first-order chi connectivity index (χ1) is 9.11. The molecule has 0 bridgehead atoms. The first-order valence-electron chi connectivity index (χ1n) is 5.92. The number of hydrogen-bond acceptors (Lipinski definition) is 5.